The Balaban J connectivity index is 0. The number of carbonyl (C=O) groups is 2. The summed E-state index contributed by atoms with van der Waals surface area (Å²) in [6.45, 7) is 0.446. The Hall–Kier alpha value is -2.04. The van der Waals surface area contributed by atoms with E-state index in [2.05, 4.69) is 4.74 Å². The van der Waals surface area contributed by atoms with E-state index in [9.17, 15) is 9.59 Å². The van der Waals surface area contributed by atoms with Crippen LogP contribution in [0.5, 0.6) is 0 Å². The maximum absolute atomic E-state index is 10.5. The lowest BCUT2D eigenvalue weighted by molar-refractivity contribution is 0.0650. The first-order valence-electron chi connectivity index (χ1n) is 6.53. The van der Waals surface area contributed by atoms with Crippen LogP contribution in [0.1, 0.15) is 20.7 Å². The van der Waals surface area contributed by atoms with E-state index >= 15 is 0 Å². The molecule has 1 rings (SSSR count). The van der Waals surface area contributed by atoms with E-state index in [-0.39, 0.29) is 37.6 Å². The molecule has 0 bridgehead atoms. The summed E-state index contributed by atoms with van der Waals surface area (Å²) in [5, 5.41) is 48.5. The fourth-order valence-electron chi connectivity index (χ4n) is 1.09. The Bertz CT molecular complexity index is 395. The van der Waals surface area contributed by atoms with Crippen LogP contribution in [0.25, 0.3) is 0 Å². The second kappa shape index (κ2) is 16.3. The molecule has 0 unspecified atom stereocenters. The standard InChI is InChI=1S/C8H6O4.C4H10O3.C2H6O2/c9-7(10)5-3-1-2-4-6(5)8(11)12;5-1-3-7-4-2-6;3-1-2-4/h1-4H,(H,9,10)(H,11,12);5-6H,1-4H2;3-4H,1-2H2. The Kier molecular flexibility index (Phi) is 16.5. The smallest absolute Gasteiger partial charge is 0.336 e. The molecule has 0 saturated carbocycles. The van der Waals surface area contributed by atoms with Crippen LogP contribution < -0.4 is 0 Å². The first-order chi connectivity index (χ1) is 11.0. The van der Waals surface area contributed by atoms with E-state index in [1.165, 1.54) is 24.3 Å². The molecule has 0 radical (unpaired) electrons. The molecule has 0 aliphatic heterocycles. The average Bonchev–Trinajstić information content (AvgIpc) is 2.56. The van der Waals surface area contributed by atoms with Gasteiger partial charge >= 0.3 is 11.9 Å². The zero-order valence-corrected chi connectivity index (χ0v) is 12.5. The molecule has 0 atom stereocenters. The number of carboxylic acid groups (broad SMARTS) is 2. The van der Waals surface area contributed by atoms with Gasteiger partial charge in [-0.1, -0.05) is 12.1 Å². The van der Waals surface area contributed by atoms with Crippen molar-refractivity contribution in [1.29, 1.82) is 0 Å². The van der Waals surface area contributed by atoms with E-state index in [4.69, 9.17) is 30.6 Å². The fourth-order valence-corrected chi connectivity index (χ4v) is 1.09. The zero-order chi connectivity index (χ0) is 18.1. The molecular formula is C14H22O9. The van der Waals surface area contributed by atoms with Crippen molar-refractivity contribution < 1.29 is 45.0 Å². The van der Waals surface area contributed by atoms with Crippen LogP contribution in [-0.2, 0) is 4.74 Å². The van der Waals surface area contributed by atoms with Crippen molar-refractivity contribution in [1.82, 2.24) is 0 Å². The van der Waals surface area contributed by atoms with E-state index in [1.54, 1.807) is 0 Å². The third kappa shape index (κ3) is 13.4. The van der Waals surface area contributed by atoms with Gasteiger partial charge in [-0.3, -0.25) is 0 Å². The summed E-state index contributed by atoms with van der Waals surface area (Å²) < 4.78 is 4.63. The van der Waals surface area contributed by atoms with Gasteiger partial charge in [0.25, 0.3) is 0 Å². The molecule has 0 aliphatic rings. The molecule has 9 heteroatoms. The molecule has 0 saturated heterocycles. The van der Waals surface area contributed by atoms with Gasteiger partial charge in [0.05, 0.1) is 50.8 Å². The van der Waals surface area contributed by atoms with Crippen LogP contribution in [0.4, 0.5) is 0 Å². The quantitative estimate of drug-likeness (QED) is 0.344. The minimum Gasteiger partial charge on any atom is -0.478 e. The summed E-state index contributed by atoms with van der Waals surface area (Å²) in [5.74, 6) is -2.46. The number of carboxylic acids is 2. The zero-order valence-electron chi connectivity index (χ0n) is 12.5. The maximum atomic E-state index is 10.5. The van der Waals surface area contributed by atoms with Crippen molar-refractivity contribution in [2.45, 2.75) is 0 Å². The van der Waals surface area contributed by atoms with Crippen LogP contribution >= 0.6 is 0 Å². The minimum atomic E-state index is -1.23. The first kappa shape index (κ1) is 23.2. The molecule has 9 nitrogen and oxygen atoms in total. The minimum absolute atomic E-state index is 0.0278. The van der Waals surface area contributed by atoms with Crippen LogP contribution in [0.2, 0.25) is 0 Å². The van der Waals surface area contributed by atoms with Gasteiger partial charge < -0.3 is 35.4 Å². The number of rotatable bonds is 7. The topological polar surface area (TPSA) is 165 Å². The second-order valence-electron chi connectivity index (χ2n) is 3.66. The van der Waals surface area contributed by atoms with Gasteiger partial charge in [-0.25, -0.2) is 9.59 Å². The van der Waals surface area contributed by atoms with E-state index in [0.29, 0.717) is 13.2 Å². The molecule has 0 aliphatic carbocycles. The summed E-state index contributed by atoms with van der Waals surface area (Å²) >= 11 is 0. The predicted molar refractivity (Wildman–Crippen MR) is 79.5 cm³/mol. The Morgan fingerprint density at radius 2 is 1.09 bits per heavy atom. The number of aromatic carboxylic acids is 2. The number of ether oxygens (including phenoxy) is 1. The number of aliphatic hydroxyl groups is 4. The molecule has 132 valence electrons. The van der Waals surface area contributed by atoms with E-state index in [1.807, 2.05) is 0 Å². The lowest BCUT2D eigenvalue weighted by Gasteiger charge is -1.98. The lowest BCUT2D eigenvalue weighted by atomic mass is 10.1. The van der Waals surface area contributed by atoms with Gasteiger partial charge in [-0.05, 0) is 12.1 Å². The average molecular weight is 334 g/mol. The number of benzene rings is 1. The van der Waals surface area contributed by atoms with Crippen molar-refractivity contribution in [3.63, 3.8) is 0 Å². The highest BCUT2D eigenvalue weighted by molar-refractivity contribution is 6.01. The van der Waals surface area contributed by atoms with Crippen molar-refractivity contribution in [3.8, 4) is 0 Å². The van der Waals surface area contributed by atoms with Crippen molar-refractivity contribution >= 4 is 11.9 Å². The second-order valence-corrected chi connectivity index (χ2v) is 3.66. The molecular weight excluding hydrogens is 312 g/mol. The van der Waals surface area contributed by atoms with Gasteiger partial charge in [0.15, 0.2) is 0 Å². The number of aliphatic hydroxyl groups excluding tert-OH is 4. The van der Waals surface area contributed by atoms with Gasteiger partial charge in [0, 0.05) is 0 Å². The van der Waals surface area contributed by atoms with Crippen molar-refractivity contribution in [3.05, 3.63) is 35.4 Å². The van der Waals surface area contributed by atoms with Gasteiger partial charge in [-0.2, -0.15) is 0 Å². The highest BCUT2D eigenvalue weighted by Crippen LogP contribution is 2.07. The summed E-state index contributed by atoms with van der Waals surface area (Å²) in [4.78, 5) is 20.9. The van der Waals surface area contributed by atoms with Crippen LogP contribution in [0.15, 0.2) is 24.3 Å². The summed E-state index contributed by atoms with van der Waals surface area (Å²) in [6.07, 6.45) is 0. The van der Waals surface area contributed by atoms with Gasteiger partial charge in [0.1, 0.15) is 0 Å². The SMILES string of the molecule is O=C(O)c1ccccc1C(=O)O.OCCO.OCCOCCO. The Morgan fingerprint density at radius 1 is 0.739 bits per heavy atom. The largest absolute Gasteiger partial charge is 0.478 e. The molecule has 0 heterocycles. The van der Waals surface area contributed by atoms with Gasteiger partial charge in [-0.15, -0.1) is 0 Å². The predicted octanol–water partition coefficient (Wildman–Crippen LogP) is -0.958. The summed E-state index contributed by atoms with van der Waals surface area (Å²) in [6, 6.07) is 5.48. The third-order valence-corrected chi connectivity index (χ3v) is 1.96. The van der Waals surface area contributed by atoms with E-state index in [0.717, 1.165) is 0 Å². The molecule has 6 N–H and O–H groups in total. The Morgan fingerprint density at radius 3 is 1.30 bits per heavy atom. The molecule has 1 aromatic rings. The highest BCUT2D eigenvalue weighted by atomic mass is 16.5. The molecule has 0 aromatic heterocycles. The first-order valence-corrected chi connectivity index (χ1v) is 6.53. The normalized spacial score (nSPS) is 9.04. The molecule has 0 amide bonds. The Labute approximate surface area is 133 Å². The van der Waals surface area contributed by atoms with Crippen LogP contribution in [-0.4, -0.2) is 82.2 Å². The van der Waals surface area contributed by atoms with Gasteiger partial charge in [0.2, 0.25) is 0 Å². The summed E-state index contributed by atoms with van der Waals surface area (Å²) in [5.41, 5.74) is -0.380. The number of hydrogen-bond acceptors (Lipinski definition) is 7. The molecule has 1 aromatic carbocycles. The molecule has 0 spiro atoms. The fraction of sp³-hybridized carbons (Fsp3) is 0.429. The molecule has 23 heavy (non-hydrogen) atoms. The summed E-state index contributed by atoms with van der Waals surface area (Å²) in [7, 11) is 0. The highest BCUT2D eigenvalue weighted by Gasteiger charge is 2.13. The molecule has 0 fully saturated rings. The maximum Gasteiger partial charge on any atom is 0.336 e. The van der Waals surface area contributed by atoms with Crippen LogP contribution in [0.3, 0.4) is 0 Å². The van der Waals surface area contributed by atoms with Crippen LogP contribution in [0, 0.1) is 0 Å². The van der Waals surface area contributed by atoms with Crippen molar-refractivity contribution in [2.75, 3.05) is 39.6 Å². The lowest BCUT2D eigenvalue weighted by Crippen LogP contribution is -2.06. The van der Waals surface area contributed by atoms with Crippen molar-refractivity contribution in [2.24, 2.45) is 0 Å². The van der Waals surface area contributed by atoms with E-state index < -0.39 is 11.9 Å². The third-order valence-electron chi connectivity index (χ3n) is 1.96. The monoisotopic (exact) mass is 334 g/mol. The number of hydrogen-bond donors (Lipinski definition) is 6.